The Morgan fingerprint density at radius 1 is 1.00 bits per heavy atom. The molecule has 2 aromatic heterocycles. The van der Waals surface area contributed by atoms with Gasteiger partial charge in [0, 0.05) is 29.3 Å². The number of rotatable bonds is 4. The Bertz CT molecular complexity index is 1440. The SMILES string of the molecule is Cc1cc([C@H]2[C@@H](c3ccccn3)NC(=S)N2c2ccc3c(c2)OCO3)c(C)n1-c1ccccc1O. The van der Waals surface area contributed by atoms with Crippen molar-refractivity contribution in [2.75, 3.05) is 11.7 Å². The molecule has 0 unspecified atom stereocenters. The van der Waals surface area contributed by atoms with Crippen LogP contribution in [0.5, 0.6) is 17.2 Å². The molecule has 35 heavy (non-hydrogen) atoms. The van der Waals surface area contributed by atoms with E-state index in [9.17, 15) is 5.11 Å². The lowest BCUT2D eigenvalue weighted by Gasteiger charge is -2.28. The van der Waals surface area contributed by atoms with Crippen LogP contribution < -0.4 is 19.7 Å². The number of anilines is 1. The van der Waals surface area contributed by atoms with Gasteiger partial charge in [0.2, 0.25) is 6.79 Å². The molecule has 2 atom stereocenters. The molecule has 2 aromatic carbocycles. The Hall–Kier alpha value is -4.04. The van der Waals surface area contributed by atoms with Gasteiger partial charge in [-0.3, -0.25) is 4.98 Å². The van der Waals surface area contributed by atoms with Crippen molar-refractivity contribution in [1.82, 2.24) is 14.9 Å². The number of phenolic OH excluding ortho intramolecular Hbond substituents is 1. The summed E-state index contributed by atoms with van der Waals surface area (Å²) in [6.45, 7) is 4.33. The van der Waals surface area contributed by atoms with Gasteiger partial charge in [0.05, 0.1) is 23.5 Å². The zero-order valence-corrected chi connectivity index (χ0v) is 20.1. The molecule has 2 aliphatic heterocycles. The van der Waals surface area contributed by atoms with Crippen LogP contribution in [0.1, 0.15) is 34.7 Å². The number of aromatic hydroxyl groups is 1. The fourth-order valence-electron chi connectivity index (χ4n) is 5.10. The van der Waals surface area contributed by atoms with Gasteiger partial charge in [-0.15, -0.1) is 0 Å². The van der Waals surface area contributed by atoms with E-state index in [1.54, 1.807) is 12.3 Å². The second-order valence-electron chi connectivity index (χ2n) is 8.68. The van der Waals surface area contributed by atoms with Gasteiger partial charge in [0.1, 0.15) is 5.75 Å². The highest BCUT2D eigenvalue weighted by Crippen LogP contribution is 2.46. The number of benzene rings is 2. The van der Waals surface area contributed by atoms with Gasteiger partial charge in [0.15, 0.2) is 16.6 Å². The normalized spacial score (nSPS) is 18.7. The summed E-state index contributed by atoms with van der Waals surface area (Å²) in [6.07, 6.45) is 1.80. The fourth-order valence-corrected chi connectivity index (χ4v) is 5.44. The summed E-state index contributed by atoms with van der Waals surface area (Å²) in [4.78, 5) is 6.77. The Kier molecular flexibility index (Phi) is 5.11. The van der Waals surface area contributed by atoms with Crippen molar-refractivity contribution in [2.45, 2.75) is 25.9 Å². The molecule has 8 heteroatoms. The van der Waals surface area contributed by atoms with Crippen molar-refractivity contribution in [3.63, 3.8) is 0 Å². The molecule has 0 spiro atoms. The molecule has 176 valence electrons. The molecule has 7 nitrogen and oxygen atoms in total. The van der Waals surface area contributed by atoms with E-state index in [-0.39, 0.29) is 24.6 Å². The van der Waals surface area contributed by atoms with Crippen LogP contribution >= 0.6 is 12.2 Å². The van der Waals surface area contributed by atoms with Gasteiger partial charge in [-0.1, -0.05) is 18.2 Å². The largest absolute Gasteiger partial charge is 0.506 e. The Labute approximate surface area is 208 Å². The van der Waals surface area contributed by atoms with Crippen LogP contribution in [-0.2, 0) is 0 Å². The molecular formula is C27H24N4O3S. The second-order valence-corrected chi connectivity index (χ2v) is 9.07. The smallest absolute Gasteiger partial charge is 0.231 e. The number of nitrogens with zero attached hydrogens (tertiary/aromatic N) is 3. The van der Waals surface area contributed by atoms with Gasteiger partial charge in [0.25, 0.3) is 0 Å². The minimum absolute atomic E-state index is 0.174. The number of phenols is 1. The number of fused-ring (bicyclic) bond motifs is 1. The highest BCUT2D eigenvalue weighted by atomic mass is 32.1. The summed E-state index contributed by atoms with van der Waals surface area (Å²) >= 11 is 5.87. The quantitative estimate of drug-likeness (QED) is 0.391. The van der Waals surface area contributed by atoms with Crippen molar-refractivity contribution < 1.29 is 14.6 Å². The highest BCUT2D eigenvalue weighted by Gasteiger charge is 2.42. The number of ether oxygens (including phenoxy) is 2. The first-order valence-corrected chi connectivity index (χ1v) is 11.8. The number of aromatic nitrogens is 2. The van der Waals surface area contributed by atoms with Crippen molar-refractivity contribution in [3.05, 3.63) is 95.6 Å². The van der Waals surface area contributed by atoms with Crippen molar-refractivity contribution in [1.29, 1.82) is 0 Å². The van der Waals surface area contributed by atoms with Crippen LogP contribution in [0.25, 0.3) is 5.69 Å². The van der Waals surface area contributed by atoms with Crippen LogP contribution in [-0.4, -0.2) is 26.6 Å². The van der Waals surface area contributed by atoms with Crippen molar-refractivity contribution >= 4 is 23.0 Å². The number of thiocarbonyl (C=S) groups is 1. The number of para-hydroxylation sites is 2. The average Bonchev–Trinajstić information content (AvgIpc) is 3.55. The Morgan fingerprint density at radius 2 is 1.80 bits per heavy atom. The van der Waals surface area contributed by atoms with Gasteiger partial charge >= 0.3 is 0 Å². The minimum atomic E-state index is -0.177. The summed E-state index contributed by atoms with van der Waals surface area (Å²) in [5, 5.41) is 14.7. The first kappa shape index (κ1) is 21.5. The molecular weight excluding hydrogens is 460 g/mol. The van der Waals surface area contributed by atoms with E-state index in [1.165, 1.54) is 0 Å². The van der Waals surface area contributed by atoms with E-state index in [2.05, 4.69) is 32.8 Å². The first-order chi connectivity index (χ1) is 17.0. The maximum absolute atomic E-state index is 10.6. The predicted molar refractivity (Wildman–Crippen MR) is 137 cm³/mol. The van der Waals surface area contributed by atoms with E-state index in [1.807, 2.05) is 61.5 Å². The third-order valence-corrected chi connectivity index (χ3v) is 6.96. The van der Waals surface area contributed by atoms with Crippen molar-refractivity contribution in [3.8, 4) is 22.9 Å². The molecule has 1 saturated heterocycles. The van der Waals surface area contributed by atoms with Gasteiger partial charge in [-0.25, -0.2) is 0 Å². The monoisotopic (exact) mass is 484 g/mol. The number of pyridine rings is 1. The van der Waals surface area contributed by atoms with Gasteiger partial charge in [-0.05, 0) is 74.1 Å². The lowest BCUT2D eigenvalue weighted by atomic mass is 9.96. The summed E-state index contributed by atoms with van der Waals surface area (Å²) in [7, 11) is 0. The topological polar surface area (TPSA) is 71.8 Å². The summed E-state index contributed by atoms with van der Waals surface area (Å²) in [6, 6.07) is 21.0. The summed E-state index contributed by atoms with van der Waals surface area (Å²) < 4.78 is 13.2. The van der Waals surface area contributed by atoms with E-state index in [0.717, 1.165) is 39.8 Å². The van der Waals surface area contributed by atoms with Crippen LogP contribution in [0, 0.1) is 13.8 Å². The van der Waals surface area contributed by atoms with Crippen molar-refractivity contribution in [2.24, 2.45) is 0 Å². The molecule has 6 rings (SSSR count). The van der Waals surface area contributed by atoms with E-state index < -0.39 is 0 Å². The van der Waals surface area contributed by atoms with Crippen LogP contribution in [0.3, 0.4) is 0 Å². The molecule has 0 aliphatic carbocycles. The maximum Gasteiger partial charge on any atom is 0.231 e. The molecule has 1 fully saturated rings. The van der Waals surface area contributed by atoms with Crippen LogP contribution in [0.2, 0.25) is 0 Å². The van der Waals surface area contributed by atoms with Crippen LogP contribution in [0.15, 0.2) is 72.9 Å². The predicted octanol–water partition coefficient (Wildman–Crippen LogP) is 5.10. The minimum Gasteiger partial charge on any atom is -0.506 e. The number of hydrogen-bond acceptors (Lipinski definition) is 5. The molecule has 4 aromatic rings. The van der Waals surface area contributed by atoms with E-state index in [0.29, 0.717) is 10.9 Å². The number of nitrogens with one attached hydrogen (secondary N) is 1. The lowest BCUT2D eigenvalue weighted by Crippen LogP contribution is -2.29. The first-order valence-electron chi connectivity index (χ1n) is 11.4. The van der Waals surface area contributed by atoms with Crippen LogP contribution in [0.4, 0.5) is 5.69 Å². The summed E-state index contributed by atoms with van der Waals surface area (Å²) in [5.41, 5.74) is 5.67. The molecule has 4 heterocycles. The van der Waals surface area contributed by atoms with Gasteiger partial charge in [-0.2, -0.15) is 0 Å². The number of aryl methyl sites for hydroxylation is 1. The standard InChI is InChI=1S/C27H24N4O3S/c1-16-13-19(17(2)30(16)21-8-3-4-9-22(21)32)26-25(20-7-5-6-12-28-20)29-27(35)31(26)18-10-11-23-24(14-18)34-15-33-23/h3-14,25-26,32H,15H2,1-2H3,(H,29,35)/t25-,26+/m1/s1. The third kappa shape index (κ3) is 3.49. The zero-order chi connectivity index (χ0) is 24.1. The zero-order valence-electron chi connectivity index (χ0n) is 19.3. The Balaban J connectivity index is 1.52. The molecule has 0 bridgehead atoms. The second kappa shape index (κ2) is 8.32. The highest BCUT2D eigenvalue weighted by molar-refractivity contribution is 7.80. The lowest BCUT2D eigenvalue weighted by molar-refractivity contribution is 0.174. The Morgan fingerprint density at radius 3 is 2.60 bits per heavy atom. The average molecular weight is 485 g/mol. The molecule has 2 N–H and O–H groups in total. The van der Waals surface area contributed by atoms with Gasteiger partial charge < -0.3 is 29.4 Å². The van der Waals surface area contributed by atoms with E-state index in [4.69, 9.17) is 21.7 Å². The molecule has 0 radical (unpaired) electrons. The third-order valence-electron chi connectivity index (χ3n) is 6.64. The molecule has 0 saturated carbocycles. The maximum atomic E-state index is 10.6. The fraction of sp³-hybridized carbons (Fsp3) is 0.185. The number of hydrogen-bond donors (Lipinski definition) is 2. The van der Waals surface area contributed by atoms with E-state index >= 15 is 0 Å². The molecule has 0 amide bonds. The molecule has 2 aliphatic rings. The summed E-state index contributed by atoms with van der Waals surface area (Å²) in [5.74, 6) is 1.65.